The Hall–Kier alpha value is -2.64. The molecule has 0 saturated carbocycles. The summed E-state index contributed by atoms with van der Waals surface area (Å²) in [5.41, 5.74) is 7.18. The summed E-state index contributed by atoms with van der Waals surface area (Å²) >= 11 is 0. The average molecular weight is 382 g/mol. The van der Waals surface area contributed by atoms with E-state index in [1.165, 1.54) is 6.07 Å². The standard InChI is InChI=1S/C19H27FN2O5/c1-10(2)26-18(24)14(20)9-16(19(25)27-11(3)4)22-17(23)13-6-7-15(21)12(5)8-13/h6-8,10-11,14,16H,9,21H2,1-5H3,(H,22,23)/t14-,16+/m1/s1. The van der Waals surface area contributed by atoms with Gasteiger partial charge in [-0.1, -0.05) is 0 Å². The SMILES string of the molecule is Cc1cc(C(=O)N[C@@H](C[C@@H](F)C(=O)OC(C)C)C(=O)OC(C)C)ccc1N. The average Bonchev–Trinajstić information content (AvgIpc) is 2.55. The van der Waals surface area contributed by atoms with E-state index in [0.717, 1.165) is 0 Å². The van der Waals surface area contributed by atoms with Crippen LogP contribution in [0.5, 0.6) is 0 Å². The summed E-state index contributed by atoms with van der Waals surface area (Å²) < 4.78 is 24.1. The van der Waals surface area contributed by atoms with Gasteiger partial charge in [0.1, 0.15) is 6.04 Å². The molecule has 0 aromatic heterocycles. The molecular formula is C19H27FN2O5. The molecule has 1 aromatic rings. The van der Waals surface area contributed by atoms with Gasteiger partial charge in [0.2, 0.25) is 0 Å². The predicted octanol–water partition coefficient (Wildman–Crippen LogP) is 2.31. The second-order valence-electron chi connectivity index (χ2n) is 6.77. The first-order valence-corrected chi connectivity index (χ1v) is 8.73. The summed E-state index contributed by atoms with van der Waals surface area (Å²) in [6.45, 7) is 8.15. The van der Waals surface area contributed by atoms with Crippen LogP contribution >= 0.6 is 0 Å². The lowest BCUT2D eigenvalue weighted by atomic mass is 10.1. The van der Waals surface area contributed by atoms with E-state index < -0.39 is 48.7 Å². The Labute approximate surface area is 158 Å². The molecule has 1 aromatic carbocycles. The molecule has 1 amide bonds. The summed E-state index contributed by atoms with van der Waals surface area (Å²) in [5.74, 6) is -2.52. The quantitative estimate of drug-likeness (QED) is 0.528. The van der Waals surface area contributed by atoms with Crippen molar-refractivity contribution in [3.05, 3.63) is 29.3 Å². The second kappa shape index (κ2) is 9.89. The van der Waals surface area contributed by atoms with Crippen LogP contribution in [0.3, 0.4) is 0 Å². The first-order valence-electron chi connectivity index (χ1n) is 8.73. The molecule has 0 bridgehead atoms. The van der Waals surface area contributed by atoms with Crippen molar-refractivity contribution in [3.8, 4) is 0 Å². The van der Waals surface area contributed by atoms with Crippen molar-refractivity contribution in [1.29, 1.82) is 0 Å². The maximum absolute atomic E-state index is 14.2. The number of rotatable bonds is 8. The molecular weight excluding hydrogens is 355 g/mol. The number of halogens is 1. The van der Waals surface area contributed by atoms with Crippen molar-refractivity contribution < 1.29 is 28.2 Å². The molecule has 0 aliphatic heterocycles. The van der Waals surface area contributed by atoms with E-state index in [4.69, 9.17) is 15.2 Å². The molecule has 150 valence electrons. The maximum Gasteiger partial charge on any atom is 0.341 e. The summed E-state index contributed by atoms with van der Waals surface area (Å²) in [7, 11) is 0. The Morgan fingerprint density at radius 3 is 2.15 bits per heavy atom. The molecule has 0 aliphatic rings. The number of alkyl halides is 1. The molecule has 1 rings (SSSR count). The minimum atomic E-state index is -2.08. The van der Waals surface area contributed by atoms with E-state index in [-0.39, 0.29) is 5.56 Å². The molecule has 0 aliphatic carbocycles. The highest BCUT2D eigenvalue weighted by molar-refractivity contribution is 5.97. The molecule has 27 heavy (non-hydrogen) atoms. The van der Waals surface area contributed by atoms with Crippen molar-refractivity contribution in [3.63, 3.8) is 0 Å². The van der Waals surface area contributed by atoms with Crippen LogP contribution in [0.2, 0.25) is 0 Å². The maximum atomic E-state index is 14.2. The Morgan fingerprint density at radius 2 is 1.63 bits per heavy atom. The van der Waals surface area contributed by atoms with Gasteiger partial charge < -0.3 is 20.5 Å². The summed E-state index contributed by atoms with van der Waals surface area (Å²) in [6, 6.07) is 3.26. The van der Waals surface area contributed by atoms with Gasteiger partial charge >= 0.3 is 11.9 Å². The number of hydrogen-bond acceptors (Lipinski definition) is 6. The third-order valence-corrected chi connectivity index (χ3v) is 3.52. The second-order valence-corrected chi connectivity index (χ2v) is 6.77. The molecule has 3 N–H and O–H groups in total. The number of nitrogens with one attached hydrogen (secondary N) is 1. The summed E-state index contributed by atoms with van der Waals surface area (Å²) in [6.07, 6.45) is -3.62. The van der Waals surface area contributed by atoms with Crippen molar-refractivity contribution in [2.45, 2.75) is 65.5 Å². The van der Waals surface area contributed by atoms with Crippen molar-refractivity contribution >= 4 is 23.5 Å². The molecule has 0 saturated heterocycles. The highest BCUT2D eigenvalue weighted by Crippen LogP contribution is 2.14. The van der Waals surface area contributed by atoms with E-state index >= 15 is 0 Å². The third-order valence-electron chi connectivity index (χ3n) is 3.52. The molecule has 2 atom stereocenters. The van der Waals surface area contributed by atoms with Crippen molar-refractivity contribution in [1.82, 2.24) is 5.32 Å². The fraction of sp³-hybridized carbons (Fsp3) is 0.526. The van der Waals surface area contributed by atoms with Gasteiger partial charge in [0.05, 0.1) is 12.2 Å². The van der Waals surface area contributed by atoms with Crippen molar-refractivity contribution in [2.75, 3.05) is 5.73 Å². The van der Waals surface area contributed by atoms with Gasteiger partial charge in [-0.15, -0.1) is 0 Å². The predicted molar refractivity (Wildman–Crippen MR) is 98.8 cm³/mol. The zero-order chi connectivity index (χ0) is 20.7. The number of carbonyl (C=O) groups is 3. The number of aryl methyl sites for hydroxylation is 1. The molecule has 0 radical (unpaired) electrons. The monoisotopic (exact) mass is 382 g/mol. The lowest BCUT2D eigenvalue weighted by Crippen LogP contribution is -2.45. The lowest BCUT2D eigenvalue weighted by Gasteiger charge is -2.21. The van der Waals surface area contributed by atoms with Gasteiger partial charge in [0, 0.05) is 17.7 Å². The first-order chi connectivity index (χ1) is 12.5. The molecule has 0 heterocycles. The molecule has 8 heteroatoms. The van der Waals surface area contributed by atoms with E-state index in [1.54, 1.807) is 46.8 Å². The van der Waals surface area contributed by atoms with Crippen LogP contribution in [0.25, 0.3) is 0 Å². The number of anilines is 1. The summed E-state index contributed by atoms with van der Waals surface area (Å²) in [4.78, 5) is 36.4. The summed E-state index contributed by atoms with van der Waals surface area (Å²) in [5, 5.41) is 2.42. The van der Waals surface area contributed by atoms with Crippen molar-refractivity contribution in [2.24, 2.45) is 0 Å². The van der Waals surface area contributed by atoms with Gasteiger partial charge in [-0.3, -0.25) is 4.79 Å². The van der Waals surface area contributed by atoms with Crippen LogP contribution in [-0.2, 0) is 19.1 Å². The van der Waals surface area contributed by atoms with Gasteiger partial charge in [-0.25, -0.2) is 14.0 Å². The van der Waals surface area contributed by atoms with Crippen LogP contribution in [0.4, 0.5) is 10.1 Å². The number of carbonyl (C=O) groups excluding carboxylic acids is 3. The van der Waals surface area contributed by atoms with Crippen LogP contribution < -0.4 is 11.1 Å². The fourth-order valence-electron chi connectivity index (χ4n) is 2.20. The highest BCUT2D eigenvalue weighted by atomic mass is 19.1. The Kier molecular flexibility index (Phi) is 8.21. The van der Waals surface area contributed by atoms with Gasteiger partial charge in [-0.05, 0) is 58.4 Å². The minimum absolute atomic E-state index is 0.254. The fourth-order valence-corrected chi connectivity index (χ4v) is 2.20. The van der Waals surface area contributed by atoms with Gasteiger partial charge in [0.25, 0.3) is 5.91 Å². The Morgan fingerprint density at radius 1 is 1.07 bits per heavy atom. The number of ether oxygens (including phenoxy) is 2. The van der Waals surface area contributed by atoms with Gasteiger partial charge in [-0.2, -0.15) is 0 Å². The van der Waals surface area contributed by atoms with Crippen LogP contribution in [-0.4, -0.2) is 42.3 Å². The number of nitrogen functional groups attached to an aromatic ring is 1. The minimum Gasteiger partial charge on any atom is -0.461 e. The topological polar surface area (TPSA) is 108 Å². The third kappa shape index (κ3) is 7.24. The van der Waals surface area contributed by atoms with Gasteiger partial charge in [0.15, 0.2) is 6.17 Å². The van der Waals surface area contributed by atoms with Crippen LogP contribution in [0.1, 0.15) is 50.0 Å². The number of hydrogen-bond donors (Lipinski definition) is 2. The first kappa shape index (κ1) is 22.4. The smallest absolute Gasteiger partial charge is 0.341 e. The molecule has 7 nitrogen and oxygen atoms in total. The van der Waals surface area contributed by atoms with Crippen LogP contribution in [0, 0.1) is 6.92 Å². The number of nitrogens with two attached hydrogens (primary N) is 1. The zero-order valence-corrected chi connectivity index (χ0v) is 16.2. The number of benzene rings is 1. The molecule has 0 unspecified atom stereocenters. The molecule has 0 fully saturated rings. The number of esters is 2. The van der Waals surface area contributed by atoms with E-state index in [1.807, 2.05) is 0 Å². The van der Waals surface area contributed by atoms with Crippen LogP contribution in [0.15, 0.2) is 18.2 Å². The van der Waals surface area contributed by atoms with E-state index in [0.29, 0.717) is 11.3 Å². The highest BCUT2D eigenvalue weighted by Gasteiger charge is 2.31. The normalized spacial score (nSPS) is 13.2. The molecule has 0 spiro atoms. The zero-order valence-electron chi connectivity index (χ0n) is 16.2. The Balaban J connectivity index is 2.93. The lowest BCUT2D eigenvalue weighted by molar-refractivity contribution is -0.155. The van der Waals surface area contributed by atoms with E-state index in [9.17, 15) is 18.8 Å². The number of amides is 1. The largest absolute Gasteiger partial charge is 0.461 e. The Bertz CT molecular complexity index is 691. The van der Waals surface area contributed by atoms with E-state index in [2.05, 4.69) is 5.32 Å².